The Morgan fingerprint density at radius 3 is 2.56 bits per heavy atom. The maximum absolute atomic E-state index is 11.2. The summed E-state index contributed by atoms with van der Waals surface area (Å²) in [6.45, 7) is 3.69. The van der Waals surface area contributed by atoms with Crippen LogP contribution in [0.25, 0.3) is 0 Å². The van der Waals surface area contributed by atoms with Crippen molar-refractivity contribution in [3.63, 3.8) is 0 Å². The maximum Gasteiger partial charge on any atom is 0.311 e. The predicted molar refractivity (Wildman–Crippen MR) is 69.1 cm³/mol. The molecule has 0 spiro atoms. The zero-order valence-electron chi connectivity index (χ0n) is 10.4. The van der Waals surface area contributed by atoms with Gasteiger partial charge in [0.25, 0.3) is 0 Å². The van der Waals surface area contributed by atoms with Gasteiger partial charge in [-0.05, 0) is 26.0 Å². The molecular weight excluding hydrogens is 234 g/mol. The van der Waals surface area contributed by atoms with E-state index in [-0.39, 0.29) is 12.4 Å². The van der Waals surface area contributed by atoms with Crippen molar-refractivity contribution in [2.24, 2.45) is 10.4 Å². The molecule has 0 bridgehead atoms. The molecule has 0 saturated carbocycles. The Morgan fingerprint density at radius 1 is 1.33 bits per heavy atom. The first kappa shape index (κ1) is 13.8. The molecule has 18 heavy (non-hydrogen) atoms. The summed E-state index contributed by atoms with van der Waals surface area (Å²) in [4.78, 5) is 21.9. The van der Waals surface area contributed by atoms with Gasteiger partial charge in [0, 0.05) is 5.71 Å². The molecule has 1 aromatic carbocycles. The number of rotatable bonds is 6. The van der Waals surface area contributed by atoms with Gasteiger partial charge in [0.2, 0.25) is 0 Å². The first-order valence-corrected chi connectivity index (χ1v) is 5.55. The highest BCUT2D eigenvalue weighted by molar-refractivity contribution is 5.97. The molecule has 0 atom stereocenters. The number of carbonyl (C=O) groups excluding carboxylic acids is 1. The predicted octanol–water partition coefficient (Wildman–Crippen LogP) is 2.50. The number of benzene rings is 1. The van der Waals surface area contributed by atoms with E-state index in [0.29, 0.717) is 18.0 Å². The number of hydrogen-bond acceptors (Lipinski definition) is 5. The van der Waals surface area contributed by atoms with E-state index in [9.17, 15) is 9.70 Å². The van der Waals surface area contributed by atoms with Crippen molar-refractivity contribution in [3.8, 4) is 0 Å². The average molecular weight is 249 g/mol. The molecule has 0 aromatic heterocycles. The summed E-state index contributed by atoms with van der Waals surface area (Å²) >= 11 is 0. The Bertz CT molecular complexity index is 431. The fraction of sp³-hybridized carbons (Fsp3) is 0.333. The molecule has 0 fully saturated rings. The molecular formula is C12H15N3O3. The van der Waals surface area contributed by atoms with E-state index in [0.717, 1.165) is 5.12 Å². The molecule has 1 aromatic rings. The van der Waals surface area contributed by atoms with Gasteiger partial charge in [-0.15, -0.1) is 10.0 Å². The zero-order chi connectivity index (χ0) is 13.4. The Hall–Kier alpha value is -2.24. The molecule has 0 saturated heterocycles. The van der Waals surface area contributed by atoms with Crippen LogP contribution in [0.3, 0.4) is 0 Å². The van der Waals surface area contributed by atoms with Crippen LogP contribution in [0.5, 0.6) is 0 Å². The Morgan fingerprint density at radius 2 is 2.00 bits per heavy atom. The molecule has 1 rings (SSSR count). The molecule has 0 heterocycles. The van der Waals surface area contributed by atoms with Crippen LogP contribution in [0.2, 0.25) is 0 Å². The van der Waals surface area contributed by atoms with E-state index >= 15 is 0 Å². The fourth-order valence-corrected chi connectivity index (χ4v) is 1.30. The first-order valence-electron chi connectivity index (χ1n) is 5.55. The van der Waals surface area contributed by atoms with Crippen molar-refractivity contribution in [2.45, 2.75) is 20.3 Å². The normalized spacial score (nSPS) is 10.9. The van der Waals surface area contributed by atoms with Crippen LogP contribution in [0.1, 0.15) is 20.3 Å². The SMILES string of the molecule is CCOC(=O)C/C(C)=N\N(N=O)c1ccccc1. The summed E-state index contributed by atoms with van der Waals surface area (Å²) in [6.07, 6.45) is 0.0344. The fourth-order valence-electron chi connectivity index (χ4n) is 1.30. The van der Waals surface area contributed by atoms with Gasteiger partial charge in [-0.1, -0.05) is 18.2 Å². The minimum absolute atomic E-state index is 0.0344. The van der Waals surface area contributed by atoms with Crippen LogP contribution in [-0.4, -0.2) is 18.3 Å². The Balaban J connectivity index is 2.73. The molecule has 96 valence electrons. The second-order valence-corrected chi connectivity index (χ2v) is 3.52. The van der Waals surface area contributed by atoms with Crippen LogP contribution in [0.15, 0.2) is 40.7 Å². The van der Waals surface area contributed by atoms with Crippen molar-refractivity contribution >= 4 is 17.4 Å². The quantitative estimate of drug-likeness (QED) is 0.336. The molecule has 0 amide bonds. The summed E-state index contributed by atoms with van der Waals surface area (Å²) < 4.78 is 4.79. The Kier molecular flexibility index (Phi) is 5.50. The largest absolute Gasteiger partial charge is 0.466 e. The van der Waals surface area contributed by atoms with Crippen LogP contribution < -0.4 is 5.12 Å². The lowest BCUT2D eigenvalue weighted by molar-refractivity contribution is -0.141. The molecule has 6 nitrogen and oxygen atoms in total. The molecule has 0 radical (unpaired) electrons. The van der Waals surface area contributed by atoms with Crippen molar-refractivity contribution in [1.29, 1.82) is 0 Å². The lowest BCUT2D eigenvalue weighted by atomic mass is 10.3. The molecule has 0 unspecified atom stereocenters. The van der Waals surface area contributed by atoms with Gasteiger partial charge in [0.15, 0.2) is 0 Å². The van der Waals surface area contributed by atoms with Gasteiger partial charge < -0.3 is 4.74 Å². The maximum atomic E-state index is 11.2. The topological polar surface area (TPSA) is 71.3 Å². The van der Waals surface area contributed by atoms with Crippen molar-refractivity contribution in [3.05, 3.63) is 35.2 Å². The lowest BCUT2D eigenvalue weighted by Gasteiger charge is -2.10. The van der Waals surface area contributed by atoms with Gasteiger partial charge in [-0.25, -0.2) is 0 Å². The van der Waals surface area contributed by atoms with Gasteiger partial charge in [0.1, 0.15) is 0 Å². The molecule has 0 aliphatic rings. The minimum Gasteiger partial charge on any atom is -0.466 e. The summed E-state index contributed by atoms with van der Waals surface area (Å²) in [5.74, 6) is -0.377. The van der Waals surface area contributed by atoms with Crippen molar-refractivity contribution in [1.82, 2.24) is 0 Å². The van der Waals surface area contributed by atoms with E-state index in [2.05, 4.69) is 10.4 Å². The molecule has 0 aliphatic heterocycles. The summed E-state index contributed by atoms with van der Waals surface area (Å²) in [7, 11) is 0. The number of anilines is 1. The first-order chi connectivity index (χ1) is 8.67. The van der Waals surface area contributed by atoms with E-state index < -0.39 is 0 Å². The van der Waals surface area contributed by atoms with Crippen molar-refractivity contribution in [2.75, 3.05) is 11.7 Å². The van der Waals surface area contributed by atoms with E-state index in [1.165, 1.54) is 0 Å². The number of nitrogens with zero attached hydrogens (tertiary/aromatic N) is 3. The summed E-state index contributed by atoms with van der Waals surface area (Å²) in [5.41, 5.74) is 0.993. The number of ether oxygens (including phenoxy) is 1. The third-order valence-electron chi connectivity index (χ3n) is 2.04. The number of hydrazone groups is 1. The van der Waals surface area contributed by atoms with Gasteiger partial charge >= 0.3 is 5.97 Å². The van der Waals surface area contributed by atoms with Gasteiger partial charge in [-0.3, -0.25) is 4.79 Å². The smallest absolute Gasteiger partial charge is 0.311 e. The summed E-state index contributed by atoms with van der Waals surface area (Å²) in [5, 5.41) is 7.69. The standard InChI is InChI=1S/C12H15N3O3/c1-3-18-12(16)9-10(2)13-15(14-17)11-7-5-4-6-8-11/h4-8H,3,9H2,1-2H3/b13-10-. The number of para-hydroxylation sites is 1. The minimum atomic E-state index is -0.377. The van der Waals surface area contributed by atoms with Crippen LogP contribution >= 0.6 is 0 Å². The van der Waals surface area contributed by atoms with E-state index in [4.69, 9.17) is 4.74 Å². The van der Waals surface area contributed by atoms with Crippen LogP contribution in [0, 0.1) is 4.91 Å². The number of hydrogen-bond donors (Lipinski definition) is 0. The monoisotopic (exact) mass is 249 g/mol. The Labute approximate surface area is 105 Å². The van der Waals surface area contributed by atoms with E-state index in [1.54, 1.807) is 38.1 Å². The van der Waals surface area contributed by atoms with Crippen molar-refractivity contribution < 1.29 is 9.53 Å². The highest BCUT2D eigenvalue weighted by Gasteiger charge is 2.08. The number of esters is 1. The second kappa shape index (κ2) is 7.16. The second-order valence-electron chi connectivity index (χ2n) is 3.52. The number of nitroso groups, excluding NO2 is 1. The highest BCUT2D eigenvalue weighted by Crippen LogP contribution is 2.14. The van der Waals surface area contributed by atoms with Gasteiger partial charge in [-0.2, -0.15) is 5.10 Å². The third-order valence-corrected chi connectivity index (χ3v) is 2.04. The summed E-state index contributed by atoms with van der Waals surface area (Å²) in [6, 6.07) is 8.75. The molecule has 0 aliphatic carbocycles. The number of carbonyl (C=O) groups is 1. The molecule has 6 heteroatoms. The zero-order valence-corrected chi connectivity index (χ0v) is 10.4. The van der Waals surface area contributed by atoms with Crippen LogP contribution in [-0.2, 0) is 9.53 Å². The van der Waals surface area contributed by atoms with E-state index in [1.807, 2.05) is 6.07 Å². The van der Waals surface area contributed by atoms with Gasteiger partial charge in [0.05, 0.1) is 24.0 Å². The molecule has 0 N–H and O–H groups in total. The lowest BCUT2D eigenvalue weighted by Crippen LogP contribution is -2.14. The highest BCUT2D eigenvalue weighted by atomic mass is 16.5. The average Bonchev–Trinajstić information content (AvgIpc) is 2.37. The van der Waals surface area contributed by atoms with Crippen LogP contribution in [0.4, 0.5) is 5.69 Å². The third kappa shape index (κ3) is 4.32.